The van der Waals surface area contributed by atoms with Crippen molar-refractivity contribution in [1.82, 2.24) is 5.32 Å². The Morgan fingerprint density at radius 2 is 1.70 bits per heavy atom. The maximum Gasteiger partial charge on any atom is 0.328 e. The number of nitrogens with zero attached hydrogens (tertiary/aromatic N) is 1. The Bertz CT molecular complexity index is 752. The lowest BCUT2D eigenvalue weighted by atomic mass is 10.1. The SMILES string of the molecule is COC(=O)C1CCC(=NC2c3ccccc3-c3ccccc32)N1. The predicted octanol–water partition coefficient (Wildman–Crippen LogP) is 3.08. The van der Waals surface area contributed by atoms with Gasteiger partial charge in [0.25, 0.3) is 0 Å². The molecule has 2 aliphatic rings. The Morgan fingerprint density at radius 1 is 1.09 bits per heavy atom. The van der Waals surface area contributed by atoms with Crippen molar-refractivity contribution >= 4 is 11.8 Å². The smallest absolute Gasteiger partial charge is 0.328 e. The molecule has 1 atom stereocenters. The summed E-state index contributed by atoms with van der Waals surface area (Å²) in [6.07, 6.45) is 1.52. The van der Waals surface area contributed by atoms with Gasteiger partial charge in [-0.15, -0.1) is 0 Å². The van der Waals surface area contributed by atoms with Gasteiger partial charge in [-0.25, -0.2) is 4.79 Å². The van der Waals surface area contributed by atoms with E-state index in [2.05, 4.69) is 53.8 Å². The quantitative estimate of drug-likeness (QED) is 0.868. The first-order valence-corrected chi connectivity index (χ1v) is 7.87. The number of nitrogens with one attached hydrogen (secondary N) is 1. The first kappa shape index (κ1) is 14.0. The van der Waals surface area contributed by atoms with Gasteiger partial charge in [-0.05, 0) is 28.7 Å². The van der Waals surface area contributed by atoms with E-state index in [-0.39, 0.29) is 18.1 Å². The highest BCUT2D eigenvalue weighted by atomic mass is 16.5. The molecule has 4 heteroatoms. The second-order valence-electron chi connectivity index (χ2n) is 5.91. The molecule has 1 unspecified atom stereocenters. The number of methoxy groups -OCH3 is 1. The number of fused-ring (bicyclic) bond motifs is 3. The topological polar surface area (TPSA) is 50.7 Å². The van der Waals surface area contributed by atoms with Crippen molar-refractivity contribution in [3.05, 3.63) is 59.7 Å². The molecule has 0 saturated carbocycles. The number of rotatable bonds is 2. The van der Waals surface area contributed by atoms with Gasteiger partial charge in [-0.2, -0.15) is 0 Å². The van der Waals surface area contributed by atoms with Crippen LogP contribution in [0.4, 0.5) is 0 Å². The Kier molecular flexibility index (Phi) is 3.37. The molecule has 1 aliphatic carbocycles. The molecule has 2 aromatic carbocycles. The molecule has 1 N–H and O–H groups in total. The van der Waals surface area contributed by atoms with Crippen molar-refractivity contribution in [1.29, 1.82) is 0 Å². The molecular weight excluding hydrogens is 288 g/mol. The summed E-state index contributed by atoms with van der Waals surface area (Å²) in [6, 6.07) is 16.5. The number of esters is 1. The third kappa shape index (κ3) is 2.31. The molecule has 0 aromatic heterocycles. The van der Waals surface area contributed by atoms with Gasteiger partial charge >= 0.3 is 5.97 Å². The Labute approximate surface area is 135 Å². The molecule has 1 fully saturated rings. The van der Waals surface area contributed by atoms with Crippen LogP contribution in [0.5, 0.6) is 0 Å². The number of hydrogen-bond donors (Lipinski definition) is 1. The van der Waals surface area contributed by atoms with Gasteiger partial charge in [0, 0.05) is 6.42 Å². The van der Waals surface area contributed by atoms with Crippen molar-refractivity contribution in [2.45, 2.75) is 24.9 Å². The third-order valence-electron chi connectivity index (χ3n) is 4.58. The second kappa shape index (κ2) is 5.54. The van der Waals surface area contributed by atoms with Crippen molar-refractivity contribution in [2.24, 2.45) is 4.99 Å². The van der Waals surface area contributed by atoms with Crippen molar-refractivity contribution < 1.29 is 9.53 Å². The number of carbonyl (C=O) groups is 1. The average Bonchev–Trinajstić information content (AvgIpc) is 3.19. The van der Waals surface area contributed by atoms with Crippen molar-refractivity contribution in [3.8, 4) is 11.1 Å². The van der Waals surface area contributed by atoms with E-state index in [0.29, 0.717) is 0 Å². The van der Waals surface area contributed by atoms with Gasteiger partial charge in [0.05, 0.1) is 12.9 Å². The summed E-state index contributed by atoms with van der Waals surface area (Å²) in [5, 5.41) is 3.21. The van der Waals surface area contributed by atoms with Gasteiger partial charge in [0.1, 0.15) is 12.1 Å². The normalized spacial score (nSPS) is 20.9. The van der Waals surface area contributed by atoms with Crippen LogP contribution < -0.4 is 5.32 Å². The highest BCUT2D eigenvalue weighted by Crippen LogP contribution is 2.45. The fourth-order valence-electron chi connectivity index (χ4n) is 3.47. The Balaban J connectivity index is 1.70. The van der Waals surface area contributed by atoms with Crippen LogP contribution in [0.3, 0.4) is 0 Å². The van der Waals surface area contributed by atoms with Crippen LogP contribution >= 0.6 is 0 Å². The molecule has 23 heavy (non-hydrogen) atoms. The molecule has 116 valence electrons. The highest BCUT2D eigenvalue weighted by Gasteiger charge is 2.31. The summed E-state index contributed by atoms with van der Waals surface area (Å²) in [5.74, 6) is 0.666. The second-order valence-corrected chi connectivity index (χ2v) is 5.91. The maximum absolute atomic E-state index is 11.7. The molecule has 4 rings (SSSR count). The van der Waals surface area contributed by atoms with Gasteiger partial charge in [-0.1, -0.05) is 48.5 Å². The van der Waals surface area contributed by atoms with Crippen molar-refractivity contribution in [3.63, 3.8) is 0 Å². The lowest BCUT2D eigenvalue weighted by Crippen LogP contribution is -2.34. The highest BCUT2D eigenvalue weighted by molar-refractivity contribution is 5.92. The van der Waals surface area contributed by atoms with Gasteiger partial charge in [0.2, 0.25) is 0 Å². The zero-order valence-electron chi connectivity index (χ0n) is 13.0. The number of carbonyl (C=O) groups excluding carboxylic acids is 1. The minimum Gasteiger partial charge on any atom is -0.467 e. The van der Waals surface area contributed by atoms with E-state index in [1.807, 2.05) is 0 Å². The van der Waals surface area contributed by atoms with E-state index in [9.17, 15) is 4.79 Å². The first-order chi connectivity index (χ1) is 11.3. The Hall–Kier alpha value is -2.62. The zero-order chi connectivity index (χ0) is 15.8. The molecule has 0 bridgehead atoms. The minimum atomic E-state index is -0.273. The van der Waals surface area contributed by atoms with Crippen LogP contribution in [-0.2, 0) is 9.53 Å². The molecule has 2 aromatic rings. The van der Waals surface area contributed by atoms with Crippen LogP contribution in [0.2, 0.25) is 0 Å². The van der Waals surface area contributed by atoms with Crippen LogP contribution in [0.1, 0.15) is 30.0 Å². The van der Waals surface area contributed by atoms with Crippen LogP contribution in [0.25, 0.3) is 11.1 Å². The van der Waals surface area contributed by atoms with Crippen LogP contribution in [-0.4, -0.2) is 25.0 Å². The lowest BCUT2D eigenvalue weighted by Gasteiger charge is -2.11. The number of benzene rings is 2. The third-order valence-corrected chi connectivity index (χ3v) is 4.58. The number of ether oxygens (including phenoxy) is 1. The number of hydrogen-bond acceptors (Lipinski definition) is 3. The number of amidine groups is 1. The van der Waals surface area contributed by atoms with Crippen LogP contribution in [0.15, 0.2) is 53.5 Å². The summed E-state index contributed by atoms with van der Waals surface area (Å²) in [6.45, 7) is 0. The van der Waals surface area contributed by atoms with E-state index >= 15 is 0 Å². The fourth-order valence-corrected chi connectivity index (χ4v) is 3.47. The standard InChI is InChI=1S/C19H18N2O2/c1-23-19(22)16-10-11-17(20-16)21-18-14-8-4-2-6-12(14)13-7-3-5-9-15(13)18/h2-9,16,18H,10-11H2,1H3,(H,20,21). The fraction of sp³-hybridized carbons (Fsp3) is 0.263. The summed E-state index contributed by atoms with van der Waals surface area (Å²) >= 11 is 0. The van der Waals surface area contributed by atoms with Gasteiger partial charge in [0.15, 0.2) is 0 Å². The average molecular weight is 306 g/mol. The van der Waals surface area contributed by atoms with E-state index < -0.39 is 0 Å². The van der Waals surface area contributed by atoms with E-state index in [1.165, 1.54) is 29.4 Å². The number of aliphatic imine (C=N–C) groups is 1. The summed E-state index contributed by atoms with van der Waals surface area (Å²) in [7, 11) is 1.42. The van der Waals surface area contributed by atoms with Crippen molar-refractivity contribution in [2.75, 3.05) is 7.11 Å². The van der Waals surface area contributed by atoms with Gasteiger partial charge < -0.3 is 10.1 Å². The van der Waals surface area contributed by atoms with E-state index in [1.54, 1.807) is 0 Å². The summed E-state index contributed by atoms with van der Waals surface area (Å²) in [4.78, 5) is 16.6. The van der Waals surface area contributed by atoms with Crippen LogP contribution in [0, 0.1) is 0 Å². The molecular formula is C19H18N2O2. The Morgan fingerprint density at radius 3 is 2.30 bits per heavy atom. The summed E-state index contributed by atoms with van der Waals surface area (Å²) < 4.78 is 4.81. The van der Waals surface area contributed by atoms with Gasteiger partial charge in [-0.3, -0.25) is 4.99 Å². The maximum atomic E-state index is 11.7. The summed E-state index contributed by atoms with van der Waals surface area (Å²) in [5.41, 5.74) is 4.95. The lowest BCUT2D eigenvalue weighted by molar-refractivity contribution is -0.142. The molecule has 1 heterocycles. The molecule has 1 aliphatic heterocycles. The molecule has 0 radical (unpaired) electrons. The minimum absolute atomic E-state index is 0.00120. The first-order valence-electron chi connectivity index (χ1n) is 7.87. The monoisotopic (exact) mass is 306 g/mol. The molecule has 4 nitrogen and oxygen atoms in total. The van der Waals surface area contributed by atoms with E-state index in [4.69, 9.17) is 9.73 Å². The predicted molar refractivity (Wildman–Crippen MR) is 89.3 cm³/mol. The zero-order valence-corrected chi connectivity index (χ0v) is 13.0. The molecule has 1 saturated heterocycles. The largest absolute Gasteiger partial charge is 0.467 e. The molecule has 0 amide bonds. The van der Waals surface area contributed by atoms with E-state index in [0.717, 1.165) is 18.7 Å². The molecule has 0 spiro atoms.